The normalized spacial score (nSPS) is 32.9. The van der Waals surface area contributed by atoms with Crippen LogP contribution >= 0.6 is 0 Å². The first kappa shape index (κ1) is 10.8. The molecule has 0 amide bonds. The van der Waals surface area contributed by atoms with Gasteiger partial charge in [-0.25, -0.2) is 0 Å². The summed E-state index contributed by atoms with van der Waals surface area (Å²) in [6.45, 7) is 11.2. The monoisotopic (exact) mass is 182 g/mol. The number of allylic oxidation sites excluding steroid dienone is 1. The van der Waals surface area contributed by atoms with E-state index in [9.17, 15) is 0 Å². The Morgan fingerprint density at radius 1 is 1.46 bits per heavy atom. The van der Waals surface area contributed by atoms with Gasteiger partial charge in [0.2, 0.25) is 0 Å². The van der Waals surface area contributed by atoms with Crippen LogP contribution in [0.15, 0.2) is 12.2 Å². The number of likely N-dealkylation sites (tertiary alicyclic amines) is 1. The Bertz CT molecular complexity index is 205. The molecule has 0 N–H and O–H groups in total. The molecule has 1 rings (SSSR count). The van der Waals surface area contributed by atoms with Crippen LogP contribution in [0.25, 0.3) is 0 Å². The number of hydrogen-bond donors (Lipinski definition) is 0. The van der Waals surface area contributed by atoms with Crippen LogP contribution in [0.2, 0.25) is 0 Å². The average Bonchev–Trinajstić information content (AvgIpc) is 1.79. The molecule has 0 aliphatic carbocycles. The van der Waals surface area contributed by atoms with E-state index in [1.54, 1.807) is 0 Å². The third kappa shape index (κ3) is 3.15. The van der Waals surface area contributed by atoms with Crippen LogP contribution in [0, 0.1) is 5.41 Å². The van der Waals surface area contributed by atoms with Crippen molar-refractivity contribution >= 4 is 0 Å². The minimum absolute atomic E-state index is 0.508. The van der Waals surface area contributed by atoms with Crippen LogP contribution in [0.3, 0.4) is 0 Å². The van der Waals surface area contributed by atoms with E-state index in [1.165, 1.54) is 42.4 Å². The third-order valence-electron chi connectivity index (χ3n) is 3.08. The van der Waals surface area contributed by atoms with Crippen LogP contribution in [-0.2, 0) is 0 Å². The van der Waals surface area contributed by atoms with Crippen LogP contribution in [0.5, 0.6) is 0 Å². The predicted octanol–water partition coefficient (Wildman–Crippen LogP) is 2.83. The highest BCUT2D eigenvalue weighted by Crippen LogP contribution is 2.36. The molecule has 1 nitrogen and oxygen atoms in total. The zero-order valence-electron chi connectivity index (χ0n) is 9.69. The van der Waals surface area contributed by atoms with Gasteiger partial charge in [-0.05, 0) is 26.2 Å². The number of nitrogens with zero attached hydrogens (tertiary/aromatic N) is 1. The highest BCUT2D eigenvalue weighted by atomic mass is 15.3. The molecule has 0 aromatic carbocycles. The molecule has 1 aliphatic rings. The van der Waals surface area contributed by atoms with Gasteiger partial charge in [0.05, 0.1) is 27.2 Å². The maximum absolute atomic E-state index is 4.04. The van der Waals surface area contributed by atoms with Crippen LogP contribution in [0.1, 0.15) is 33.1 Å². The number of piperidine rings is 1. The van der Waals surface area contributed by atoms with Gasteiger partial charge < -0.3 is 4.48 Å². The number of rotatable bonds is 2. The van der Waals surface area contributed by atoms with Crippen LogP contribution in [0.4, 0.5) is 0 Å². The van der Waals surface area contributed by atoms with E-state index in [-0.39, 0.29) is 0 Å². The number of hydrogen-bond acceptors (Lipinski definition) is 0. The van der Waals surface area contributed by atoms with E-state index in [1.807, 2.05) is 0 Å². The van der Waals surface area contributed by atoms with E-state index in [2.05, 4.69) is 34.5 Å². The summed E-state index contributed by atoms with van der Waals surface area (Å²) in [5.41, 5.74) is 1.84. The van der Waals surface area contributed by atoms with Crippen molar-refractivity contribution in [2.24, 2.45) is 5.41 Å². The van der Waals surface area contributed by atoms with Crippen molar-refractivity contribution in [1.82, 2.24) is 0 Å². The van der Waals surface area contributed by atoms with Crippen molar-refractivity contribution in [2.45, 2.75) is 33.1 Å². The fraction of sp³-hybridized carbons (Fsp3) is 0.833. The minimum atomic E-state index is 0.508. The lowest BCUT2D eigenvalue weighted by Gasteiger charge is -2.44. The second-order valence-electron chi connectivity index (χ2n) is 5.87. The van der Waals surface area contributed by atoms with E-state index >= 15 is 0 Å². The van der Waals surface area contributed by atoms with Gasteiger partial charge in [-0.2, -0.15) is 0 Å². The fourth-order valence-electron chi connectivity index (χ4n) is 3.00. The molecule has 0 aromatic rings. The van der Waals surface area contributed by atoms with Crippen molar-refractivity contribution in [1.29, 1.82) is 0 Å². The molecule has 1 heterocycles. The molecule has 1 aliphatic heterocycles. The molecule has 0 aromatic heterocycles. The van der Waals surface area contributed by atoms with Gasteiger partial charge in [0.25, 0.3) is 0 Å². The minimum Gasteiger partial charge on any atom is -0.328 e. The van der Waals surface area contributed by atoms with E-state index < -0.39 is 0 Å². The maximum Gasteiger partial charge on any atom is 0.0840 e. The Kier molecular flexibility index (Phi) is 2.86. The van der Waals surface area contributed by atoms with Gasteiger partial charge >= 0.3 is 0 Å². The van der Waals surface area contributed by atoms with Crippen molar-refractivity contribution < 1.29 is 4.48 Å². The van der Waals surface area contributed by atoms with Gasteiger partial charge in [-0.15, -0.1) is 6.58 Å². The van der Waals surface area contributed by atoms with Crippen molar-refractivity contribution in [3.05, 3.63) is 12.2 Å². The molecule has 76 valence electrons. The Labute approximate surface area is 83.0 Å². The zero-order chi connectivity index (χ0) is 10.1. The second-order valence-corrected chi connectivity index (χ2v) is 5.87. The molecule has 1 atom stereocenters. The second kappa shape index (κ2) is 3.45. The summed E-state index contributed by atoms with van der Waals surface area (Å²) in [7, 11) is 4.69. The van der Waals surface area contributed by atoms with Crippen molar-refractivity contribution in [2.75, 3.05) is 27.2 Å². The Morgan fingerprint density at radius 3 is 2.54 bits per heavy atom. The topological polar surface area (TPSA) is 0 Å². The van der Waals surface area contributed by atoms with Crippen LogP contribution < -0.4 is 0 Å². The van der Waals surface area contributed by atoms with Crippen LogP contribution in [-0.4, -0.2) is 31.7 Å². The lowest BCUT2D eigenvalue weighted by atomic mass is 9.76. The molecule has 1 heteroatoms. The predicted molar refractivity (Wildman–Crippen MR) is 58.6 cm³/mol. The summed E-state index contributed by atoms with van der Waals surface area (Å²) in [4.78, 5) is 0. The molecular weight excluding hydrogens is 158 g/mol. The Morgan fingerprint density at radius 2 is 2.08 bits per heavy atom. The Balaban J connectivity index is 2.63. The lowest BCUT2D eigenvalue weighted by Crippen LogP contribution is -2.51. The molecular formula is C12H24N+. The largest absolute Gasteiger partial charge is 0.328 e. The van der Waals surface area contributed by atoms with Crippen molar-refractivity contribution in [3.8, 4) is 0 Å². The molecule has 0 saturated carbocycles. The first-order valence-corrected chi connectivity index (χ1v) is 5.29. The first-order valence-electron chi connectivity index (χ1n) is 5.29. The standard InChI is InChI=1S/C12H24N/c1-11(2)9-12(3)7-6-8-13(4,5)10-12/h1,6-10H2,2-5H3/q+1. The van der Waals surface area contributed by atoms with Gasteiger partial charge in [0.1, 0.15) is 0 Å². The quantitative estimate of drug-likeness (QED) is 0.455. The van der Waals surface area contributed by atoms with Gasteiger partial charge in [0, 0.05) is 5.41 Å². The molecule has 0 spiro atoms. The van der Waals surface area contributed by atoms with E-state index in [4.69, 9.17) is 0 Å². The highest BCUT2D eigenvalue weighted by Gasteiger charge is 2.36. The third-order valence-corrected chi connectivity index (χ3v) is 3.08. The molecule has 0 radical (unpaired) electrons. The lowest BCUT2D eigenvalue weighted by molar-refractivity contribution is -0.902. The van der Waals surface area contributed by atoms with Crippen molar-refractivity contribution in [3.63, 3.8) is 0 Å². The summed E-state index contributed by atoms with van der Waals surface area (Å²) < 4.78 is 1.18. The Hall–Kier alpha value is -0.300. The SMILES string of the molecule is C=C(C)CC1(C)CCC[N+](C)(C)C1. The first-order chi connectivity index (χ1) is 5.83. The summed E-state index contributed by atoms with van der Waals surface area (Å²) in [5, 5.41) is 0. The van der Waals surface area contributed by atoms with Gasteiger partial charge in [-0.3, -0.25) is 0 Å². The average molecular weight is 182 g/mol. The number of quaternary nitrogens is 1. The molecule has 13 heavy (non-hydrogen) atoms. The summed E-state index contributed by atoms with van der Waals surface area (Å²) in [5.74, 6) is 0. The zero-order valence-corrected chi connectivity index (χ0v) is 9.69. The molecule has 1 unspecified atom stereocenters. The van der Waals surface area contributed by atoms with Gasteiger partial charge in [0.15, 0.2) is 0 Å². The molecule has 1 saturated heterocycles. The van der Waals surface area contributed by atoms with E-state index in [0.29, 0.717) is 5.41 Å². The fourth-order valence-corrected chi connectivity index (χ4v) is 3.00. The maximum atomic E-state index is 4.04. The van der Waals surface area contributed by atoms with E-state index in [0.717, 1.165) is 0 Å². The highest BCUT2D eigenvalue weighted by molar-refractivity contribution is 4.96. The summed E-state index contributed by atoms with van der Waals surface area (Å²) >= 11 is 0. The smallest absolute Gasteiger partial charge is 0.0840 e. The molecule has 1 fully saturated rings. The summed E-state index contributed by atoms with van der Waals surface area (Å²) in [6, 6.07) is 0. The summed E-state index contributed by atoms with van der Waals surface area (Å²) in [6.07, 6.45) is 3.95. The molecule has 0 bridgehead atoms. The van der Waals surface area contributed by atoms with Gasteiger partial charge in [-0.1, -0.05) is 12.5 Å².